The average Bonchev–Trinajstić information content (AvgIpc) is 3.26. The molecule has 7 heteroatoms. The fraction of sp³-hybridized carbons (Fsp3) is 0.375. The van der Waals surface area contributed by atoms with Gasteiger partial charge in [0.1, 0.15) is 6.54 Å². The van der Waals surface area contributed by atoms with E-state index in [1.54, 1.807) is 18.6 Å². The second kappa shape index (κ2) is 6.29. The first kappa shape index (κ1) is 14.1. The van der Waals surface area contributed by atoms with Crippen molar-refractivity contribution in [1.29, 1.82) is 0 Å². The first-order chi connectivity index (χ1) is 11.4. The summed E-state index contributed by atoms with van der Waals surface area (Å²) in [6.07, 6.45) is 7.36. The summed E-state index contributed by atoms with van der Waals surface area (Å²) in [7, 11) is 0. The van der Waals surface area contributed by atoms with E-state index in [1.165, 1.54) is 0 Å². The molecular weight excluding hydrogens is 294 g/mol. The fourth-order valence-electron chi connectivity index (χ4n) is 2.79. The second-order valence-electron chi connectivity index (χ2n) is 5.56. The van der Waals surface area contributed by atoms with Crippen LogP contribution >= 0.6 is 0 Å². The molecule has 0 amide bonds. The molecule has 23 heavy (non-hydrogen) atoms. The molecule has 1 aliphatic rings. The van der Waals surface area contributed by atoms with E-state index >= 15 is 0 Å². The molecule has 1 saturated heterocycles. The lowest BCUT2D eigenvalue weighted by Crippen LogP contribution is -2.15. The summed E-state index contributed by atoms with van der Waals surface area (Å²) in [5.41, 5.74) is 2.05. The number of aromatic nitrogens is 5. The summed E-state index contributed by atoms with van der Waals surface area (Å²) in [5, 5.41) is 12.7. The SMILES string of the molecule is c1cc(-c2ccnn2Cc2nnc(C3CCCOC3)o2)ccn1. The van der Waals surface area contributed by atoms with Crippen molar-refractivity contribution in [2.24, 2.45) is 0 Å². The van der Waals surface area contributed by atoms with Crippen molar-refractivity contribution < 1.29 is 9.15 Å². The van der Waals surface area contributed by atoms with Gasteiger partial charge in [-0.3, -0.25) is 9.67 Å². The Morgan fingerprint density at radius 1 is 1.13 bits per heavy atom. The molecule has 3 aromatic heterocycles. The fourth-order valence-corrected chi connectivity index (χ4v) is 2.79. The van der Waals surface area contributed by atoms with Gasteiger partial charge in [-0.05, 0) is 31.0 Å². The summed E-state index contributed by atoms with van der Waals surface area (Å²) in [6, 6.07) is 5.86. The largest absolute Gasteiger partial charge is 0.423 e. The molecular formula is C16H17N5O2. The van der Waals surface area contributed by atoms with Gasteiger partial charge in [0.25, 0.3) is 0 Å². The van der Waals surface area contributed by atoms with Crippen molar-refractivity contribution in [2.75, 3.05) is 13.2 Å². The van der Waals surface area contributed by atoms with Crippen molar-refractivity contribution in [2.45, 2.75) is 25.3 Å². The summed E-state index contributed by atoms with van der Waals surface area (Å²) < 4.78 is 13.1. The van der Waals surface area contributed by atoms with Gasteiger partial charge in [-0.1, -0.05) is 0 Å². The van der Waals surface area contributed by atoms with Gasteiger partial charge in [-0.25, -0.2) is 0 Å². The molecule has 4 rings (SSSR count). The lowest BCUT2D eigenvalue weighted by Gasteiger charge is -2.18. The van der Waals surface area contributed by atoms with E-state index in [4.69, 9.17) is 9.15 Å². The van der Waals surface area contributed by atoms with Crippen LogP contribution in [0.5, 0.6) is 0 Å². The Hall–Kier alpha value is -2.54. The maximum Gasteiger partial charge on any atom is 0.237 e. The van der Waals surface area contributed by atoms with Crippen molar-refractivity contribution in [3.8, 4) is 11.3 Å². The standard InChI is InChI=1S/C16H17N5O2/c1-2-13(11-22-9-1)16-20-19-15(23-16)10-21-14(5-8-18-21)12-3-6-17-7-4-12/h3-8,13H,1-2,9-11H2. The molecule has 0 spiro atoms. The number of hydrogen-bond donors (Lipinski definition) is 0. The zero-order valence-corrected chi connectivity index (χ0v) is 12.6. The Labute approximate surface area is 133 Å². The van der Waals surface area contributed by atoms with Crippen molar-refractivity contribution in [1.82, 2.24) is 25.0 Å². The molecule has 3 aromatic rings. The number of rotatable bonds is 4. The van der Waals surface area contributed by atoms with Crippen LogP contribution in [0, 0.1) is 0 Å². The van der Waals surface area contributed by atoms with Crippen LogP contribution < -0.4 is 0 Å². The van der Waals surface area contributed by atoms with Gasteiger partial charge in [0, 0.05) is 30.8 Å². The Kier molecular flexibility index (Phi) is 3.85. The molecule has 118 valence electrons. The van der Waals surface area contributed by atoms with Crippen molar-refractivity contribution in [3.63, 3.8) is 0 Å². The minimum absolute atomic E-state index is 0.210. The smallest absolute Gasteiger partial charge is 0.237 e. The number of pyridine rings is 1. The third-order valence-electron chi connectivity index (χ3n) is 3.97. The van der Waals surface area contributed by atoms with E-state index in [-0.39, 0.29) is 5.92 Å². The lowest BCUT2D eigenvalue weighted by atomic mass is 10.0. The minimum Gasteiger partial charge on any atom is -0.423 e. The molecule has 1 atom stereocenters. The van der Waals surface area contributed by atoms with Crippen LogP contribution in [0.1, 0.15) is 30.5 Å². The van der Waals surface area contributed by atoms with Crippen LogP contribution in [0.3, 0.4) is 0 Å². The van der Waals surface area contributed by atoms with Gasteiger partial charge in [0.05, 0.1) is 18.2 Å². The molecule has 0 aliphatic carbocycles. The van der Waals surface area contributed by atoms with Gasteiger partial charge in [0.2, 0.25) is 11.8 Å². The summed E-state index contributed by atoms with van der Waals surface area (Å²) in [5.74, 6) is 1.43. The van der Waals surface area contributed by atoms with Crippen LogP contribution in [0.25, 0.3) is 11.3 Å². The number of ether oxygens (including phenoxy) is 1. The molecule has 4 heterocycles. The molecule has 1 aliphatic heterocycles. The topological polar surface area (TPSA) is 78.9 Å². The van der Waals surface area contributed by atoms with E-state index < -0.39 is 0 Å². The minimum atomic E-state index is 0.210. The second-order valence-corrected chi connectivity index (χ2v) is 5.56. The maximum absolute atomic E-state index is 5.81. The molecule has 7 nitrogen and oxygen atoms in total. The highest BCUT2D eigenvalue weighted by Crippen LogP contribution is 2.25. The predicted octanol–water partition coefficient (Wildman–Crippen LogP) is 2.27. The van der Waals surface area contributed by atoms with Crippen molar-refractivity contribution in [3.05, 3.63) is 48.6 Å². The Bertz CT molecular complexity index is 762. The first-order valence-electron chi connectivity index (χ1n) is 7.72. The monoisotopic (exact) mass is 311 g/mol. The van der Waals surface area contributed by atoms with Crippen LogP contribution in [-0.4, -0.2) is 38.2 Å². The van der Waals surface area contributed by atoms with Gasteiger partial charge < -0.3 is 9.15 Å². The molecule has 0 radical (unpaired) electrons. The predicted molar refractivity (Wildman–Crippen MR) is 81.7 cm³/mol. The molecule has 0 N–H and O–H groups in total. The summed E-state index contributed by atoms with van der Waals surface area (Å²) >= 11 is 0. The Morgan fingerprint density at radius 2 is 2.04 bits per heavy atom. The van der Waals surface area contributed by atoms with E-state index in [1.807, 2.05) is 22.9 Å². The van der Waals surface area contributed by atoms with Gasteiger partial charge >= 0.3 is 0 Å². The van der Waals surface area contributed by atoms with Gasteiger partial charge in [0.15, 0.2) is 0 Å². The number of hydrogen-bond acceptors (Lipinski definition) is 6. The highest BCUT2D eigenvalue weighted by Gasteiger charge is 2.22. The van der Waals surface area contributed by atoms with E-state index in [9.17, 15) is 0 Å². The third kappa shape index (κ3) is 3.00. The zero-order chi connectivity index (χ0) is 15.5. The molecule has 0 saturated carbocycles. The maximum atomic E-state index is 5.81. The Balaban J connectivity index is 1.53. The quantitative estimate of drug-likeness (QED) is 0.735. The lowest BCUT2D eigenvalue weighted by molar-refractivity contribution is 0.0721. The first-order valence-corrected chi connectivity index (χ1v) is 7.72. The van der Waals surface area contributed by atoms with Crippen LogP contribution in [0.4, 0.5) is 0 Å². The molecule has 1 fully saturated rings. The van der Waals surface area contributed by atoms with E-state index in [0.29, 0.717) is 24.9 Å². The Morgan fingerprint density at radius 3 is 2.87 bits per heavy atom. The van der Waals surface area contributed by atoms with Crippen LogP contribution in [-0.2, 0) is 11.3 Å². The van der Waals surface area contributed by atoms with Crippen LogP contribution in [0.2, 0.25) is 0 Å². The van der Waals surface area contributed by atoms with E-state index in [0.717, 1.165) is 30.7 Å². The van der Waals surface area contributed by atoms with E-state index in [2.05, 4.69) is 20.3 Å². The zero-order valence-electron chi connectivity index (χ0n) is 12.6. The number of nitrogens with zero attached hydrogens (tertiary/aromatic N) is 5. The molecule has 0 bridgehead atoms. The van der Waals surface area contributed by atoms with Gasteiger partial charge in [-0.2, -0.15) is 5.10 Å². The normalized spacial score (nSPS) is 18.2. The highest BCUT2D eigenvalue weighted by atomic mass is 16.5. The third-order valence-corrected chi connectivity index (χ3v) is 3.97. The molecule has 1 unspecified atom stereocenters. The molecule has 0 aromatic carbocycles. The highest BCUT2D eigenvalue weighted by molar-refractivity contribution is 5.58. The van der Waals surface area contributed by atoms with Gasteiger partial charge in [-0.15, -0.1) is 10.2 Å². The van der Waals surface area contributed by atoms with Crippen molar-refractivity contribution >= 4 is 0 Å². The summed E-state index contributed by atoms with van der Waals surface area (Å²) in [6.45, 7) is 1.93. The average molecular weight is 311 g/mol. The summed E-state index contributed by atoms with van der Waals surface area (Å²) in [4.78, 5) is 4.04. The van der Waals surface area contributed by atoms with Crippen LogP contribution in [0.15, 0.2) is 41.2 Å².